The molecule has 0 aliphatic carbocycles. The molecule has 0 spiro atoms. The quantitative estimate of drug-likeness (QED) is 0.841. The number of benzene rings is 1. The molecule has 2 aliphatic heterocycles. The lowest BCUT2D eigenvalue weighted by Gasteiger charge is -2.24. The second-order valence-electron chi connectivity index (χ2n) is 6.84. The monoisotopic (exact) mass is 318 g/mol. The van der Waals surface area contributed by atoms with Gasteiger partial charge in [-0.2, -0.15) is 0 Å². The normalized spacial score (nSPS) is 23.1. The van der Waals surface area contributed by atoms with Gasteiger partial charge in [0.1, 0.15) is 11.4 Å². The van der Waals surface area contributed by atoms with Gasteiger partial charge in [0.15, 0.2) is 6.10 Å². The summed E-state index contributed by atoms with van der Waals surface area (Å²) in [5, 5.41) is 4.21. The Kier molecular flexibility index (Phi) is 3.92. The van der Waals surface area contributed by atoms with Gasteiger partial charge in [0.05, 0.1) is 25.3 Å². The highest BCUT2D eigenvalue weighted by Gasteiger charge is 2.45. The number of fused-ring (bicyclic) bond motifs is 1. The molecule has 0 bridgehead atoms. The van der Waals surface area contributed by atoms with Crippen LogP contribution in [0.15, 0.2) is 29.4 Å². The Hall–Kier alpha value is -2.24. The molecule has 124 valence electrons. The van der Waals surface area contributed by atoms with Gasteiger partial charge in [-0.05, 0) is 45.0 Å². The minimum atomic E-state index is -0.497. The predicted molar refractivity (Wildman–Crippen MR) is 85.7 cm³/mol. The molecule has 1 aromatic rings. The Balaban J connectivity index is 1.70. The number of carbonyl (C=O) groups excluding carboxylic acids is 1. The van der Waals surface area contributed by atoms with Gasteiger partial charge in [-0.3, -0.25) is 0 Å². The molecule has 2 aliphatic rings. The van der Waals surface area contributed by atoms with E-state index in [9.17, 15) is 4.79 Å². The Labute approximate surface area is 136 Å². The molecule has 1 amide bonds. The zero-order chi connectivity index (χ0) is 16.6. The van der Waals surface area contributed by atoms with Crippen LogP contribution in [0.3, 0.4) is 0 Å². The van der Waals surface area contributed by atoms with Crippen molar-refractivity contribution < 1.29 is 19.1 Å². The number of rotatable bonds is 2. The van der Waals surface area contributed by atoms with Crippen LogP contribution < -0.4 is 4.74 Å². The maximum atomic E-state index is 12.2. The number of amides is 1. The van der Waals surface area contributed by atoms with Gasteiger partial charge in [0, 0.05) is 12.1 Å². The van der Waals surface area contributed by atoms with E-state index in [1.807, 2.05) is 45.0 Å². The van der Waals surface area contributed by atoms with Gasteiger partial charge in [-0.15, -0.1) is 0 Å². The average molecular weight is 318 g/mol. The highest BCUT2D eigenvalue weighted by Crippen LogP contribution is 2.31. The van der Waals surface area contributed by atoms with Crippen LogP contribution in [0.2, 0.25) is 0 Å². The van der Waals surface area contributed by atoms with E-state index in [1.54, 1.807) is 12.0 Å². The predicted octanol–water partition coefficient (Wildman–Crippen LogP) is 2.67. The molecule has 6 nitrogen and oxygen atoms in total. The minimum Gasteiger partial charge on any atom is -0.497 e. The average Bonchev–Trinajstić information content (AvgIpc) is 3.05. The molecule has 2 heterocycles. The van der Waals surface area contributed by atoms with E-state index in [-0.39, 0.29) is 18.1 Å². The maximum absolute atomic E-state index is 12.2. The topological polar surface area (TPSA) is 60.4 Å². The van der Waals surface area contributed by atoms with Crippen molar-refractivity contribution in [1.82, 2.24) is 4.90 Å². The van der Waals surface area contributed by atoms with E-state index < -0.39 is 5.60 Å². The van der Waals surface area contributed by atoms with Gasteiger partial charge < -0.3 is 19.2 Å². The number of hydrogen-bond acceptors (Lipinski definition) is 5. The Morgan fingerprint density at radius 2 is 1.96 bits per heavy atom. The summed E-state index contributed by atoms with van der Waals surface area (Å²) in [6.07, 6.45) is -0.399. The van der Waals surface area contributed by atoms with E-state index in [4.69, 9.17) is 14.3 Å². The Morgan fingerprint density at radius 3 is 2.57 bits per heavy atom. The first-order valence-corrected chi connectivity index (χ1v) is 7.73. The fraction of sp³-hybridized carbons (Fsp3) is 0.529. The van der Waals surface area contributed by atoms with Crippen molar-refractivity contribution in [3.8, 4) is 5.75 Å². The van der Waals surface area contributed by atoms with Crippen molar-refractivity contribution in [3.05, 3.63) is 29.8 Å². The molecule has 2 atom stereocenters. The fourth-order valence-corrected chi connectivity index (χ4v) is 2.84. The van der Waals surface area contributed by atoms with Crippen molar-refractivity contribution in [1.29, 1.82) is 0 Å². The molecular formula is C17H22N2O4. The number of ether oxygens (including phenoxy) is 2. The summed E-state index contributed by atoms with van der Waals surface area (Å²) in [4.78, 5) is 19.4. The first-order chi connectivity index (χ1) is 10.9. The third kappa shape index (κ3) is 3.25. The lowest BCUT2D eigenvalue weighted by molar-refractivity contribution is 0.0228. The molecule has 0 unspecified atom stereocenters. The van der Waals surface area contributed by atoms with E-state index in [2.05, 4.69) is 5.16 Å². The summed E-state index contributed by atoms with van der Waals surface area (Å²) in [6, 6.07) is 7.70. The number of methoxy groups -OCH3 is 1. The maximum Gasteiger partial charge on any atom is 0.410 e. The largest absolute Gasteiger partial charge is 0.497 e. The van der Waals surface area contributed by atoms with Crippen LogP contribution in [0.1, 0.15) is 26.3 Å². The summed E-state index contributed by atoms with van der Waals surface area (Å²) in [6.45, 7) is 6.65. The number of likely N-dealkylation sites (tertiary alicyclic amines) is 1. The van der Waals surface area contributed by atoms with Crippen molar-refractivity contribution >= 4 is 11.8 Å². The molecule has 3 rings (SSSR count). The summed E-state index contributed by atoms with van der Waals surface area (Å²) in [5.74, 6) is 0.877. The standard InChI is InChI=1S/C17H22N2O4/c1-17(2,3)22-16(20)19-9-13-14(10-19)23-18-15(13)11-5-7-12(21-4)8-6-11/h5-8,13-14H,9-10H2,1-4H3/t13-,14+/m1/s1. The van der Waals surface area contributed by atoms with E-state index in [1.165, 1.54) is 0 Å². The van der Waals surface area contributed by atoms with Crippen LogP contribution in [0.5, 0.6) is 5.75 Å². The minimum absolute atomic E-state index is 0.0795. The number of oxime groups is 1. The van der Waals surface area contributed by atoms with Crippen molar-refractivity contribution in [2.75, 3.05) is 20.2 Å². The highest BCUT2D eigenvalue weighted by atomic mass is 16.6. The zero-order valence-electron chi connectivity index (χ0n) is 13.9. The van der Waals surface area contributed by atoms with E-state index in [0.717, 1.165) is 17.0 Å². The Bertz CT molecular complexity index is 618. The molecule has 1 fully saturated rings. The third-order valence-electron chi connectivity index (χ3n) is 3.94. The summed E-state index contributed by atoms with van der Waals surface area (Å²) in [7, 11) is 1.64. The van der Waals surface area contributed by atoms with Crippen LogP contribution in [0.25, 0.3) is 0 Å². The molecule has 1 aromatic carbocycles. The van der Waals surface area contributed by atoms with Crippen LogP contribution in [-0.4, -0.2) is 48.6 Å². The summed E-state index contributed by atoms with van der Waals surface area (Å²) >= 11 is 0. The van der Waals surface area contributed by atoms with Gasteiger partial charge >= 0.3 is 6.09 Å². The highest BCUT2D eigenvalue weighted by molar-refractivity contribution is 6.03. The first kappa shape index (κ1) is 15.6. The number of carbonyl (C=O) groups is 1. The Morgan fingerprint density at radius 1 is 1.26 bits per heavy atom. The second-order valence-corrected chi connectivity index (χ2v) is 6.84. The molecule has 0 saturated carbocycles. The van der Waals surface area contributed by atoms with Crippen LogP contribution >= 0.6 is 0 Å². The van der Waals surface area contributed by atoms with Crippen molar-refractivity contribution in [3.63, 3.8) is 0 Å². The van der Waals surface area contributed by atoms with Crippen LogP contribution in [0.4, 0.5) is 4.79 Å². The second kappa shape index (κ2) is 5.76. The summed E-state index contributed by atoms with van der Waals surface area (Å²) < 4.78 is 10.6. The summed E-state index contributed by atoms with van der Waals surface area (Å²) in [5.41, 5.74) is 1.37. The number of hydrogen-bond donors (Lipinski definition) is 0. The molecule has 6 heteroatoms. The van der Waals surface area contributed by atoms with Gasteiger partial charge in [-0.25, -0.2) is 4.79 Å². The van der Waals surface area contributed by atoms with Gasteiger partial charge in [0.25, 0.3) is 0 Å². The van der Waals surface area contributed by atoms with Crippen LogP contribution in [-0.2, 0) is 9.57 Å². The van der Waals surface area contributed by atoms with Crippen molar-refractivity contribution in [2.45, 2.75) is 32.5 Å². The molecule has 23 heavy (non-hydrogen) atoms. The molecular weight excluding hydrogens is 296 g/mol. The van der Waals surface area contributed by atoms with Crippen LogP contribution in [0, 0.1) is 5.92 Å². The van der Waals surface area contributed by atoms with Crippen molar-refractivity contribution in [2.24, 2.45) is 11.1 Å². The lowest BCUT2D eigenvalue weighted by atomic mass is 9.95. The van der Waals surface area contributed by atoms with Gasteiger partial charge in [-0.1, -0.05) is 5.16 Å². The smallest absolute Gasteiger partial charge is 0.410 e. The number of nitrogens with zero attached hydrogens (tertiary/aromatic N) is 2. The zero-order valence-corrected chi connectivity index (χ0v) is 13.9. The fourth-order valence-electron chi connectivity index (χ4n) is 2.84. The van der Waals surface area contributed by atoms with E-state index >= 15 is 0 Å². The first-order valence-electron chi connectivity index (χ1n) is 7.73. The van der Waals surface area contributed by atoms with E-state index in [0.29, 0.717) is 13.1 Å². The third-order valence-corrected chi connectivity index (χ3v) is 3.94. The molecule has 1 saturated heterocycles. The molecule has 0 aromatic heterocycles. The lowest BCUT2D eigenvalue weighted by Crippen LogP contribution is -2.36. The SMILES string of the molecule is COc1ccc(C2=NO[C@H]3CN(C(=O)OC(C)(C)C)C[C@@H]23)cc1. The molecule has 0 radical (unpaired) electrons. The van der Waals surface area contributed by atoms with Gasteiger partial charge in [0.2, 0.25) is 0 Å². The molecule has 0 N–H and O–H groups in total.